The summed E-state index contributed by atoms with van der Waals surface area (Å²) in [5.74, 6) is 0.156. The predicted octanol–water partition coefficient (Wildman–Crippen LogP) is 2.16. The smallest absolute Gasteiger partial charge is 0.220 e. The topological polar surface area (TPSA) is 83.8 Å². The molecule has 20 heavy (non-hydrogen) atoms. The lowest BCUT2D eigenvalue weighted by Crippen LogP contribution is -2.32. The highest BCUT2D eigenvalue weighted by Crippen LogP contribution is 2.26. The number of primary amides is 1. The summed E-state index contributed by atoms with van der Waals surface area (Å²) in [6.07, 6.45) is 3.39. The van der Waals surface area contributed by atoms with Crippen molar-refractivity contribution < 1.29 is 9.18 Å². The maximum atomic E-state index is 13.1. The average molecular weight is 276 g/mol. The third-order valence-corrected chi connectivity index (χ3v) is 3.91. The minimum Gasteiger partial charge on any atom is -0.369 e. The van der Waals surface area contributed by atoms with Gasteiger partial charge in [-0.2, -0.15) is 0 Å². The van der Waals surface area contributed by atoms with Crippen LogP contribution in [0.15, 0.2) is 18.2 Å². The van der Waals surface area contributed by atoms with Crippen molar-refractivity contribution in [3.63, 3.8) is 0 Å². The zero-order valence-corrected chi connectivity index (χ0v) is 11.0. The van der Waals surface area contributed by atoms with Crippen LogP contribution in [0.25, 0.3) is 11.0 Å². The molecule has 2 aromatic rings. The van der Waals surface area contributed by atoms with Crippen LogP contribution in [-0.2, 0) is 4.79 Å². The van der Waals surface area contributed by atoms with Gasteiger partial charge in [0.05, 0.1) is 11.0 Å². The summed E-state index contributed by atoms with van der Waals surface area (Å²) in [6.45, 7) is 0. The molecule has 1 aliphatic rings. The first-order chi connectivity index (χ1) is 9.61. The average Bonchev–Trinajstić information content (AvgIpc) is 2.80. The molecular weight excluding hydrogens is 259 g/mol. The highest BCUT2D eigenvalue weighted by atomic mass is 19.1. The number of halogens is 1. The zero-order chi connectivity index (χ0) is 14.1. The van der Waals surface area contributed by atoms with Crippen molar-refractivity contribution in [2.24, 2.45) is 11.7 Å². The normalized spacial score (nSPS) is 22.9. The molecule has 1 aliphatic carbocycles. The lowest BCUT2D eigenvalue weighted by Gasteiger charge is -2.27. The maximum absolute atomic E-state index is 13.1. The third-order valence-electron chi connectivity index (χ3n) is 3.91. The van der Waals surface area contributed by atoms with Crippen LogP contribution in [0.3, 0.4) is 0 Å². The number of anilines is 1. The van der Waals surface area contributed by atoms with Gasteiger partial charge in [-0.05, 0) is 43.9 Å². The van der Waals surface area contributed by atoms with Crippen LogP contribution < -0.4 is 11.1 Å². The minimum atomic E-state index is -0.283. The Morgan fingerprint density at radius 1 is 1.35 bits per heavy atom. The van der Waals surface area contributed by atoms with E-state index in [-0.39, 0.29) is 23.7 Å². The fourth-order valence-corrected chi connectivity index (χ4v) is 2.77. The Hall–Kier alpha value is -2.11. The molecule has 106 valence electrons. The molecule has 0 atom stereocenters. The maximum Gasteiger partial charge on any atom is 0.220 e. The Labute approximate surface area is 115 Å². The monoisotopic (exact) mass is 276 g/mol. The molecule has 0 unspecified atom stereocenters. The summed E-state index contributed by atoms with van der Waals surface area (Å²) in [6, 6.07) is 4.75. The molecule has 1 amide bonds. The number of amides is 1. The van der Waals surface area contributed by atoms with E-state index < -0.39 is 0 Å². The number of imidazole rings is 1. The van der Waals surface area contributed by atoms with Crippen LogP contribution in [0.5, 0.6) is 0 Å². The molecule has 0 saturated heterocycles. The van der Waals surface area contributed by atoms with E-state index in [9.17, 15) is 9.18 Å². The van der Waals surface area contributed by atoms with Crippen molar-refractivity contribution in [2.75, 3.05) is 5.32 Å². The van der Waals surface area contributed by atoms with E-state index in [1.54, 1.807) is 6.07 Å². The van der Waals surface area contributed by atoms with Gasteiger partial charge in [-0.15, -0.1) is 0 Å². The largest absolute Gasteiger partial charge is 0.369 e. The summed E-state index contributed by atoms with van der Waals surface area (Å²) >= 11 is 0. The first-order valence-corrected chi connectivity index (χ1v) is 6.83. The Morgan fingerprint density at radius 2 is 2.10 bits per heavy atom. The van der Waals surface area contributed by atoms with Crippen LogP contribution in [-0.4, -0.2) is 21.9 Å². The van der Waals surface area contributed by atoms with Crippen molar-refractivity contribution in [1.82, 2.24) is 9.97 Å². The van der Waals surface area contributed by atoms with Crippen molar-refractivity contribution in [3.8, 4) is 0 Å². The zero-order valence-electron chi connectivity index (χ0n) is 11.0. The molecular formula is C14H17FN4O. The van der Waals surface area contributed by atoms with Crippen LogP contribution >= 0.6 is 0 Å². The number of aromatic nitrogens is 2. The number of nitrogens with two attached hydrogens (primary N) is 1. The summed E-state index contributed by atoms with van der Waals surface area (Å²) in [5.41, 5.74) is 6.73. The number of nitrogens with zero attached hydrogens (tertiary/aromatic N) is 1. The molecule has 6 heteroatoms. The summed E-state index contributed by atoms with van der Waals surface area (Å²) in [7, 11) is 0. The highest BCUT2D eigenvalue weighted by molar-refractivity contribution is 5.77. The fourth-order valence-electron chi connectivity index (χ4n) is 2.77. The van der Waals surface area contributed by atoms with Crippen molar-refractivity contribution in [1.29, 1.82) is 0 Å². The van der Waals surface area contributed by atoms with Gasteiger partial charge < -0.3 is 16.0 Å². The van der Waals surface area contributed by atoms with Crippen LogP contribution in [0.4, 0.5) is 10.3 Å². The Balaban J connectivity index is 1.66. The van der Waals surface area contributed by atoms with Crippen LogP contribution in [0.2, 0.25) is 0 Å². The number of hydrogen-bond acceptors (Lipinski definition) is 3. The standard InChI is InChI=1S/C14H17FN4O/c15-9-3-6-11-12(7-9)19-14(18-11)17-10-4-1-8(2-5-10)13(16)20/h3,6-8,10H,1-2,4-5H2,(H2,16,20)(H2,17,18,19). The number of benzene rings is 1. The Kier molecular flexibility index (Phi) is 3.30. The third kappa shape index (κ3) is 2.59. The highest BCUT2D eigenvalue weighted by Gasteiger charge is 2.25. The van der Waals surface area contributed by atoms with E-state index in [1.165, 1.54) is 12.1 Å². The van der Waals surface area contributed by atoms with Crippen LogP contribution in [0.1, 0.15) is 25.7 Å². The van der Waals surface area contributed by atoms with Gasteiger partial charge >= 0.3 is 0 Å². The van der Waals surface area contributed by atoms with E-state index in [0.717, 1.165) is 31.2 Å². The number of carbonyl (C=O) groups is 1. The number of aromatic amines is 1. The van der Waals surface area contributed by atoms with E-state index >= 15 is 0 Å². The van der Waals surface area contributed by atoms with Crippen molar-refractivity contribution >= 4 is 22.9 Å². The molecule has 1 saturated carbocycles. The lowest BCUT2D eigenvalue weighted by atomic mass is 9.86. The molecule has 1 fully saturated rings. The van der Waals surface area contributed by atoms with E-state index in [0.29, 0.717) is 11.5 Å². The van der Waals surface area contributed by atoms with Gasteiger partial charge in [0.2, 0.25) is 11.9 Å². The van der Waals surface area contributed by atoms with Gasteiger partial charge in [-0.1, -0.05) is 0 Å². The van der Waals surface area contributed by atoms with E-state index in [1.807, 2.05) is 0 Å². The second kappa shape index (κ2) is 5.11. The number of carbonyl (C=O) groups excluding carboxylic acids is 1. The van der Waals surface area contributed by atoms with Gasteiger partial charge in [0, 0.05) is 12.0 Å². The number of H-pyrrole nitrogens is 1. The number of fused-ring (bicyclic) bond motifs is 1. The van der Waals surface area contributed by atoms with Gasteiger partial charge in [-0.25, -0.2) is 9.37 Å². The first kappa shape index (κ1) is 12.9. The molecule has 1 aromatic heterocycles. The molecule has 0 radical (unpaired) electrons. The number of nitrogens with one attached hydrogen (secondary N) is 2. The molecule has 0 bridgehead atoms. The molecule has 0 spiro atoms. The lowest BCUT2D eigenvalue weighted by molar-refractivity contribution is -0.122. The summed E-state index contributed by atoms with van der Waals surface area (Å²) in [4.78, 5) is 18.6. The predicted molar refractivity (Wildman–Crippen MR) is 74.6 cm³/mol. The first-order valence-electron chi connectivity index (χ1n) is 6.83. The van der Waals surface area contributed by atoms with E-state index in [4.69, 9.17) is 5.73 Å². The van der Waals surface area contributed by atoms with Crippen LogP contribution in [0, 0.1) is 11.7 Å². The molecule has 1 heterocycles. The van der Waals surface area contributed by atoms with Gasteiger partial charge in [0.25, 0.3) is 0 Å². The van der Waals surface area contributed by atoms with Crippen molar-refractivity contribution in [2.45, 2.75) is 31.7 Å². The van der Waals surface area contributed by atoms with Gasteiger partial charge in [0.15, 0.2) is 0 Å². The quantitative estimate of drug-likeness (QED) is 0.803. The fraction of sp³-hybridized carbons (Fsp3) is 0.429. The molecule has 0 aliphatic heterocycles. The summed E-state index contributed by atoms with van der Waals surface area (Å²) in [5, 5.41) is 3.31. The molecule has 5 nitrogen and oxygen atoms in total. The minimum absolute atomic E-state index is 0.00202. The number of rotatable bonds is 3. The van der Waals surface area contributed by atoms with Gasteiger partial charge in [-0.3, -0.25) is 4.79 Å². The second-order valence-electron chi connectivity index (χ2n) is 5.34. The Bertz CT molecular complexity index is 631. The second-order valence-corrected chi connectivity index (χ2v) is 5.34. The van der Waals surface area contributed by atoms with Gasteiger partial charge in [0.1, 0.15) is 5.82 Å². The van der Waals surface area contributed by atoms with E-state index in [2.05, 4.69) is 15.3 Å². The number of hydrogen-bond donors (Lipinski definition) is 3. The SMILES string of the molecule is NC(=O)C1CCC(Nc2nc3ccc(F)cc3[nH]2)CC1. The molecule has 4 N–H and O–H groups in total. The molecule has 1 aromatic carbocycles. The Morgan fingerprint density at radius 3 is 2.80 bits per heavy atom. The summed E-state index contributed by atoms with van der Waals surface area (Å²) < 4.78 is 13.1. The van der Waals surface area contributed by atoms with Crippen molar-refractivity contribution in [3.05, 3.63) is 24.0 Å². The molecule has 3 rings (SSSR count).